The van der Waals surface area contributed by atoms with Crippen molar-refractivity contribution >= 4 is 17.7 Å². The molecule has 0 aromatic carbocycles. The van der Waals surface area contributed by atoms with Crippen LogP contribution in [0.4, 0.5) is 0 Å². The number of pyridine rings is 1. The minimum atomic E-state index is -0.160. The summed E-state index contributed by atoms with van der Waals surface area (Å²) in [5.74, 6) is 0.817. The fourth-order valence-electron chi connectivity index (χ4n) is 1.75. The Hall–Kier alpha value is -1.23. The van der Waals surface area contributed by atoms with E-state index in [1.165, 1.54) is 10.6 Å². The van der Waals surface area contributed by atoms with Crippen LogP contribution in [-0.2, 0) is 7.05 Å². The molecule has 1 atom stereocenters. The van der Waals surface area contributed by atoms with Crippen molar-refractivity contribution in [2.75, 3.05) is 19.1 Å². The Morgan fingerprint density at radius 3 is 2.72 bits per heavy atom. The normalized spacial score (nSPS) is 12.2. The predicted octanol–water partition coefficient (Wildman–Crippen LogP) is 1.60. The zero-order valence-corrected chi connectivity index (χ0v) is 12.2. The van der Waals surface area contributed by atoms with E-state index in [1.807, 2.05) is 6.26 Å². The molecular formula is C13H20N2O2S. The van der Waals surface area contributed by atoms with Crippen molar-refractivity contribution in [2.24, 2.45) is 7.05 Å². The SMILES string of the molecule is CCC(CSC)N(C)C(=O)c1ccn(C)c(=O)c1. The lowest BCUT2D eigenvalue weighted by atomic mass is 10.2. The second kappa shape index (κ2) is 6.64. The highest BCUT2D eigenvalue weighted by atomic mass is 32.2. The molecule has 0 N–H and O–H groups in total. The summed E-state index contributed by atoms with van der Waals surface area (Å²) in [6.07, 6.45) is 4.56. The van der Waals surface area contributed by atoms with Gasteiger partial charge in [0.1, 0.15) is 0 Å². The lowest BCUT2D eigenvalue weighted by Gasteiger charge is -2.26. The molecule has 0 radical (unpaired) electrons. The number of nitrogens with zero attached hydrogens (tertiary/aromatic N) is 2. The van der Waals surface area contributed by atoms with Crippen LogP contribution >= 0.6 is 11.8 Å². The van der Waals surface area contributed by atoms with E-state index in [-0.39, 0.29) is 17.5 Å². The fraction of sp³-hybridized carbons (Fsp3) is 0.538. The van der Waals surface area contributed by atoms with Gasteiger partial charge in [-0.15, -0.1) is 0 Å². The number of hydrogen-bond donors (Lipinski definition) is 0. The number of thioether (sulfide) groups is 1. The van der Waals surface area contributed by atoms with Gasteiger partial charge in [-0.3, -0.25) is 9.59 Å². The van der Waals surface area contributed by atoms with Gasteiger partial charge in [-0.25, -0.2) is 0 Å². The van der Waals surface area contributed by atoms with Gasteiger partial charge < -0.3 is 9.47 Å². The Morgan fingerprint density at radius 2 is 2.22 bits per heavy atom. The van der Waals surface area contributed by atoms with Crippen molar-refractivity contribution in [1.82, 2.24) is 9.47 Å². The largest absolute Gasteiger partial charge is 0.338 e. The molecule has 1 aromatic rings. The summed E-state index contributed by atoms with van der Waals surface area (Å²) < 4.78 is 1.45. The highest BCUT2D eigenvalue weighted by Gasteiger charge is 2.19. The summed E-state index contributed by atoms with van der Waals surface area (Å²) in [5.41, 5.74) is 0.298. The van der Waals surface area contributed by atoms with Crippen LogP contribution in [0.5, 0.6) is 0 Å². The third-order valence-electron chi connectivity index (χ3n) is 3.05. The first-order valence-electron chi connectivity index (χ1n) is 5.94. The van der Waals surface area contributed by atoms with Crippen LogP contribution in [0.2, 0.25) is 0 Å². The Labute approximate surface area is 112 Å². The van der Waals surface area contributed by atoms with Crippen molar-refractivity contribution in [3.8, 4) is 0 Å². The van der Waals surface area contributed by atoms with Gasteiger partial charge in [0.05, 0.1) is 0 Å². The van der Waals surface area contributed by atoms with E-state index in [1.54, 1.807) is 43.0 Å². The summed E-state index contributed by atoms with van der Waals surface area (Å²) in [5, 5.41) is 0. The Kier molecular flexibility index (Phi) is 5.47. The van der Waals surface area contributed by atoms with Crippen molar-refractivity contribution in [3.63, 3.8) is 0 Å². The summed E-state index contributed by atoms with van der Waals surface area (Å²) in [7, 11) is 3.47. The van der Waals surface area contributed by atoms with Crippen LogP contribution in [0.25, 0.3) is 0 Å². The zero-order chi connectivity index (χ0) is 13.7. The maximum absolute atomic E-state index is 12.3. The molecule has 0 aliphatic heterocycles. The lowest BCUT2D eigenvalue weighted by Crippen LogP contribution is -2.38. The molecule has 1 aromatic heterocycles. The van der Waals surface area contributed by atoms with Gasteiger partial charge in [-0.05, 0) is 18.7 Å². The van der Waals surface area contributed by atoms with Gasteiger partial charge in [-0.1, -0.05) is 6.92 Å². The molecule has 5 heteroatoms. The second-order valence-electron chi connectivity index (χ2n) is 4.30. The summed E-state index contributed by atoms with van der Waals surface area (Å²) in [6.45, 7) is 2.06. The molecule has 0 saturated carbocycles. The Balaban J connectivity index is 2.91. The van der Waals surface area contributed by atoms with Gasteiger partial charge in [0.25, 0.3) is 11.5 Å². The van der Waals surface area contributed by atoms with Gasteiger partial charge >= 0.3 is 0 Å². The predicted molar refractivity (Wildman–Crippen MR) is 76.2 cm³/mol. The molecular weight excluding hydrogens is 248 g/mol. The second-order valence-corrected chi connectivity index (χ2v) is 5.21. The van der Waals surface area contributed by atoms with Gasteiger partial charge in [0.2, 0.25) is 0 Å². The maximum Gasteiger partial charge on any atom is 0.254 e. The highest BCUT2D eigenvalue weighted by Crippen LogP contribution is 2.11. The van der Waals surface area contributed by atoms with Crippen LogP contribution in [-0.4, -0.2) is 40.5 Å². The van der Waals surface area contributed by atoms with Crippen LogP contribution < -0.4 is 5.56 Å². The van der Waals surface area contributed by atoms with Gasteiger partial charge in [0.15, 0.2) is 0 Å². The third kappa shape index (κ3) is 3.38. The zero-order valence-electron chi connectivity index (χ0n) is 11.3. The maximum atomic E-state index is 12.3. The molecule has 1 rings (SSSR count). The average molecular weight is 268 g/mol. The number of hydrogen-bond acceptors (Lipinski definition) is 3. The van der Waals surface area contributed by atoms with E-state index in [9.17, 15) is 9.59 Å². The number of rotatable bonds is 5. The standard InChI is InChI=1S/C13H20N2O2S/c1-5-11(9-18-4)15(3)13(17)10-6-7-14(2)12(16)8-10/h6-8,11H,5,9H2,1-4H3. The number of aryl methyl sites for hydroxylation is 1. The van der Waals surface area contributed by atoms with Crippen LogP contribution in [0.15, 0.2) is 23.1 Å². The Morgan fingerprint density at radius 1 is 1.56 bits per heavy atom. The van der Waals surface area contributed by atoms with E-state index in [2.05, 4.69) is 6.92 Å². The number of carbonyl (C=O) groups excluding carboxylic acids is 1. The van der Waals surface area contributed by atoms with Crippen LogP contribution in [0.3, 0.4) is 0 Å². The van der Waals surface area contributed by atoms with Gasteiger partial charge in [-0.2, -0.15) is 11.8 Å². The molecule has 0 spiro atoms. The van der Waals surface area contributed by atoms with Crippen LogP contribution in [0, 0.1) is 0 Å². The minimum Gasteiger partial charge on any atom is -0.338 e. The first kappa shape index (κ1) is 14.8. The lowest BCUT2D eigenvalue weighted by molar-refractivity contribution is 0.0743. The molecule has 18 heavy (non-hydrogen) atoms. The van der Waals surface area contributed by atoms with Crippen molar-refractivity contribution in [2.45, 2.75) is 19.4 Å². The summed E-state index contributed by atoms with van der Waals surface area (Å²) >= 11 is 1.72. The summed E-state index contributed by atoms with van der Waals surface area (Å²) in [6, 6.07) is 3.29. The Bertz CT molecular complexity index is 470. The molecule has 1 heterocycles. The number of aromatic nitrogens is 1. The van der Waals surface area contributed by atoms with E-state index >= 15 is 0 Å². The molecule has 0 aliphatic rings. The molecule has 0 fully saturated rings. The molecule has 1 unspecified atom stereocenters. The monoisotopic (exact) mass is 268 g/mol. The third-order valence-corrected chi connectivity index (χ3v) is 3.77. The van der Waals surface area contributed by atoms with Crippen LogP contribution in [0.1, 0.15) is 23.7 Å². The van der Waals surface area contributed by atoms with Crippen molar-refractivity contribution in [1.29, 1.82) is 0 Å². The molecule has 0 saturated heterocycles. The van der Waals surface area contributed by atoms with Crippen molar-refractivity contribution < 1.29 is 4.79 Å². The molecule has 0 bridgehead atoms. The smallest absolute Gasteiger partial charge is 0.254 e. The topological polar surface area (TPSA) is 42.3 Å². The minimum absolute atomic E-state index is 0.0893. The molecule has 100 valence electrons. The van der Waals surface area contributed by atoms with Gasteiger partial charge in [0, 0.05) is 43.7 Å². The van der Waals surface area contributed by atoms with Crippen molar-refractivity contribution in [3.05, 3.63) is 34.2 Å². The molecule has 4 nitrogen and oxygen atoms in total. The molecule has 0 aliphatic carbocycles. The summed E-state index contributed by atoms with van der Waals surface area (Å²) in [4.78, 5) is 25.5. The quantitative estimate of drug-likeness (QED) is 0.814. The van der Waals surface area contributed by atoms with E-state index in [4.69, 9.17) is 0 Å². The number of amides is 1. The fourth-order valence-corrected chi connectivity index (χ4v) is 2.59. The van der Waals surface area contributed by atoms with E-state index < -0.39 is 0 Å². The first-order chi connectivity index (χ1) is 8.51. The first-order valence-corrected chi connectivity index (χ1v) is 7.33. The highest BCUT2D eigenvalue weighted by molar-refractivity contribution is 7.98. The van der Waals surface area contributed by atoms with E-state index in [0.717, 1.165) is 12.2 Å². The van der Waals surface area contributed by atoms with E-state index in [0.29, 0.717) is 5.56 Å². The molecule has 1 amide bonds. The average Bonchev–Trinajstić information content (AvgIpc) is 2.37. The number of carbonyl (C=O) groups is 1.